The van der Waals surface area contributed by atoms with Gasteiger partial charge in [-0.2, -0.15) is 18.2 Å². The van der Waals surface area contributed by atoms with Gasteiger partial charge in [-0.25, -0.2) is 17.7 Å². The van der Waals surface area contributed by atoms with Crippen LogP contribution in [-0.2, 0) is 14.8 Å². The summed E-state index contributed by atoms with van der Waals surface area (Å²) < 4.78 is 65.2. The number of sulfonamides is 1. The monoisotopic (exact) mass is 650 g/mol. The largest absolute Gasteiger partial charge is 0.414 e. The van der Waals surface area contributed by atoms with Crippen LogP contribution in [0.3, 0.4) is 0 Å². The quantitative estimate of drug-likeness (QED) is 0.205. The molecule has 44 heavy (non-hydrogen) atoms. The molecule has 2 heterocycles. The molecule has 2 atom stereocenters. The van der Waals surface area contributed by atoms with Gasteiger partial charge < -0.3 is 11.1 Å². The van der Waals surface area contributed by atoms with Crippen molar-refractivity contribution >= 4 is 50.6 Å². The SMILES string of the molecule is Cc1ccc(NC(=O)C2=CCC(Cl)C(C(F)(F)F)=C2)cc1C#CC(=N)c1c(N)ncnc1[NH2+]C[C@@H]1CCCN(S(C)(=O)=O)C1. The lowest BCUT2D eigenvalue weighted by molar-refractivity contribution is -0.582. The molecule has 1 unspecified atom stereocenters. The number of anilines is 2. The van der Waals surface area contributed by atoms with Gasteiger partial charge in [-0.15, -0.1) is 11.6 Å². The number of hydrogen-bond acceptors (Lipinski definition) is 7. The lowest BCUT2D eigenvalue weighted by atomic mass is 9.98. The highest BCUT2D eigenvalue weighted by atomic mass is 35.5. The molecule has 0 bridgehead atoms. The summed E-state index contributed by atoms with van der Waals surface area (Å²) in [6.07, 6.45) is 1.42. The van der Waals surface area contributed by atoms with E-state index in [9.17, 15) is 26.4 Å². The van der Waals surface area contributed by atoms with E-state index in [1.807, 2.05) is 5.32 Å². The summed E-state index contributed by atoms with van der Waals surface area (Å²) in [5, 5.41) is 11.8. The Bertz CT molecular complexity index is 1700. The van der Waals surface area contributed by atoms with Crippen LogP contribution >= 0.6 is 11.6 Å². The molecular weight excluding hydrogens is 619 g/mol. The summed E-state index contributed by atoms with van der Waals surface area (Å²) in [5.74, 6) is 5.51. The van der Waals surface area contributed by atoms with E-state index >= 15 is 0 Å². The van der Waals surface area contributed by atoms with Gasteiger partial charge in [-0.05, 0) is 55.9 Å². The van der Waals surface area contributed by atoms with Crippen molar-refractivity contribution in [2.75, 3.05) is 36.9 Å². The molecule has 1 aliphatic heterocycles. The Hall–Kier alpha value is -3.77. The van der Waals surface area contributed by atoms with Crippen molar-refractivity contribution in [3.63, 3.8) is 0 Å². The molecule has 15 heteroatoms. The second-order valence-corrected chi connectivity index (χ2v) is 13.2. The van der Waals surface area contributed by atoms with Crippen LogP contribution in [0.1, 0.15) is 36.0 Å². The fraction of sp³-hybridized carbons (Fsp3) is 0.379. The van der Waals surface area contributed by atoms with Crippen molar-refractivity contribution in [1.82, 2.24) is 14.3 Å². The highest BCUT2D eigenvalue weighted by Crippen LogP contribution is 2.36. The summed E-state index contributed by atoms with van der Waals surface area (Å²) in [5.41, 5.74) is 6.59. The van der Waals surface area contributed by atoms with Gasteiger partial charge in [0, 0.05) is 35.8 Å². The lowest BCUT2D eigenvalue weighted by Gasteiger charge is -2.29. The molecule has 1 fully saturated rings. The van der Waals surface area contributed by atoms with E-state index in [1.165, 1.54) is 23.0 Å². The maximum absolute atomic E-state index is 13.3. The first-order chi connectivity index (χ1) is 20.6. The third-order valence-electron chi connectivity index (χ3n) is 7.35. The summed E-state index contributed by atoms with van der Waals surface area (Å²) in [7, 11) is -3.29. The van der Waals surface area contributed by atoms with Crippen LogP contribution in [0, 0.1) is 30.1 Å². The van der Waals surface area contributed by atoms with E-state index in [2.05, 4.69) is 27.1 Å². The number of rotatable bonds is 7. The fourth-order valence-corrected chi connectivity index (χ4v) is 6.16. The molecule has 4 rings (SSSR count). The molecule has 6 N–H and O–H groups in total. The number of benzene rings is 1. The van der Waals surface area contributed by atoms with Gasteiger partial charge in [0.1, 0.15) is 23.4 Å². The third kappa shape index (κ3) is 8.23. The number of aromatic nitrogens is 2. The maximum Gasteiger partial charge on any atom is 0.414 e. The molecular formula is C29H32ClF3N7O3S+. The van der Waals surface area contributed by atoms with Gasteiger partial charge in [-0.1, -0.05) is 18.1 Å². The topological polar surface area (TPSA) is 159 Å². The minimum Gasteiger partial charge on any atom is -0.383 e. The molecule has 1 aliphatic carbocycles. The highest BCUT2D eigenvalue weighted by Gasteiger charge is 2.39. The number of halogens is 4. The van der Waals surface area contributed by atoms with E-state index in [1.54, 1.807) is 25.1 Å². The van der Waals surface area contributed by atoms with Crippen LogP contribution in [0.2, 0.25) is 0 Å². The van der Waals surface area contributed by atoms with Crippen LogP contribution in [0.25, 0.3) is 0 Å². The lowest BCUT2D eigenvalue weighted by Crippen LogP contribution is -2.81. The van der Waals surface area contributed by atoms with Crippen LogP contribution in [0.5, 0.6) is 0 Å². The second-order valence-electron chi connectivity index (χ2n) is 10.7. The number of amides is 1. The minimum atomic E-state index is -4.65. The second kappa shape index (κ2) is 13.5. The Balaban J connectivity index is 1.49. The number of aryl methyl sites for hydroxylation is 1. The van der Waals surface area contributed by atoms with E-state index < -0.39 is 33.1 Å². The molecule has 2 aromatic rings. The van der Waals surface area contributed by atoms with Crippen molar-refractivity contribution in [2.45, 2.75) is 37.7 Å². The number of nitrogens with one attached hydrogen (secondary N) is 2. The summed E-state index contributed by atoms with van der Waals surface area (Å²) in [6.45, 7) is 3.20. The van der Waals surface area contributed by atoms with Gasteiger partial charge in [0.05, 0.1) is 23.8 Å². The number of piperidine rings is 1. The first-order valence-corrected chi connectivity index (χ1v) is 16.0. The van der Waals surface area contributed by atoms with Crippen LogP contribution in [0.4, 0.5) is 30.5 Å². The number of alkyl halides is 4. The normalized spacial score (nSPS) is 19.3. The Morgan fingerprint density at radius 3 is 2.77 bits per heavy atom. The molecule has 2 aliphatic rings. The van der Waals surface area contributed by atoms with Crippen molar-refractivity contribution < 1.29 is 31.7 Å². The van der Waals surface area contributed by atoms with Crippen molar-refractivity contribution in [2.24, 2.45) is 5.92 Å². The molecule has 1 saturated heterocycles. The van der Waals surface area contributed by atoms with Crippen molar-refractivity contribution in [3.8, 4) is 11.8 Å². The Morgan fingerprint density at radius 2 is 2.07 bits per heavy atom. The van der Waals surface area contributed by atoms with Gasteiger partial charge in [0.15, 0.2) is 0 Å². The standard InChI is InChI=1S/C29H31ClF3N7O3S/c1-17-5-8-21(39-28(41)20-6-9-23(30)22(13-20)29(31,32)33)12-19(17)7-10-24(34)25-26(35)37-16-38-27(25)36-14-18-4-3-11-40(15-18)44(2,42)43/h5-6,8,12-13,16,18,23,34H,3-4,9,11,14-15H2,1-2H3,(H,39,41)(H3,35,36,37,38)/p+1/t18-,23?/m0/s1. The average molecular weight is 651 g/mol. The minimum absolute atomic E-state index is 0.0657. The zero-order valence-electron chi connectivity index (χ0n) is 24.0. The average Bonchev–Trinajstić information content (AvgIpc) is 2.95. The number of nitrogens with zero attached hydrogens (tertiary/aromatic N) is 3. The molecule has 0 radical (unpaired) electrons. The zero-order chi connectivity index (χ0) is 32.2. The molecule has 1 aromatic heterocycles. The smallest absolute Gasteiger partial charge is 0.383 e. The van der Waals surface area contributed by atoms with Crippen molar-refractivity contribution in [3.05, 3.63) is 64.5 Å². The number of hydrogen-bond donors (Lipinski definition) is 4. The predicted octanol–water partition coefficient (Wildman–Crippen LogP) is 3.02. The molecule has 1 aromatic carbocycles. The number of nitrogen functional groups attached to an aromatic ring is 1. The zero-order valence-corrected chi connectivity index (χ0v) is 25.6. The highest BCUT2D eigenvalue weighted by molar-refractivity contribution is 7.88. The summed E-state index contributed by atoms with van der Waals surface area (Å²) in [6, 6.07) is 4.84. The number of allylic oxidation sites excluding steroid dienone is 2. The number of nitrogens with two attached hydrogens (primary N) is 2. The van der Waals surface area contributed by atoms with Crippen LogP contribution in [0.15, 0.2) is 47.8 Å². The van der Waals surface area contributed by atoms with E-state index in [0.717, 1.165) is 24.5 Å². The van der Waals surface area contributed by atoms with Gasteiger partial charge in [-0.3, -0.25) is 15.5 Å². The van der Waals surface area contributed by atoms with Crippen LogP contribution < -0.4 is 16.4 Å². The Kier molecular flexibility index (Phi) is 10.1. The van der Waals surface area contributed by atoms with Gasteiger partial charge in [0.25, 0.3) is 5.91 Å². The van der Waals surface area contributed by atoms with E-state index in [0.29, 0.717) is 36.7 Å². The van der Waals surface area contributed by atoms with E-state index in [4.69, 9.17) is 22.7 Å². The molecule has 1 amide bonds. The molecule has 0 spiro atoms. The fourth-order valence-electron chi connectivity index (χ4n) is 4.95. The number of carbonyl (C=O) groups is 1. The van der Waals surface area contributed by atoms with E-state index in [-0.39, 0.29) is 35.0 Å². The van der Waals surface area contributed by atoms with Gasteiger partial charge in [0.2, 0.25) is 15.8 Å². The third-order valence-corrected chi connectivity index (χ3v) is 9.03. The molecule has 0 saturated carbocycles. The first kappa shape index (κ1) is 33.1. The van der Waals surface area contributed by atoms with Crippen LogP contribution in [-0.4, -0.2) is 71.8 Å². The van der Waals surface area contributed by atoms with Gasteiger partial charge >= 0.3 is 6.18 Å². The molecule has 10 nitrogen and oxygen atoms in total. The Morgan fingerprint density at radius 1 is 1.32 bits per heavy atom. The maximum atomic E-state index is 13.3. The summed E-state index contributed by atoms with van der Waals surface area (Å²) in [4.78, 5) is 21.0. The number of carbonyl (C=O) groups excluding carboxylic acids is 1. The van der Waals surface area contributed by atoms with Crippen molar-refractivity contribution in [1.29, 1.82) is 5.41 Å². The number of quaternary nitrogens is 1. The summed E-state index contributed by atoms with van der Waals surface area (Å²) >= 11 is 5.80. The first-order valence-electron chi connectivity index (χ1n) is 13.7. The molecule has 234 valence electrons. The Labute approximate surface area is 258 Å². The predicted molar refractivity (Wildman–Crippen MR) is 162 cm³/mol.